The highest BCUT2D eigenvalue weighted by molar-refractivity contribution is 5.28. The molecule has 1 aromatic carbocycles. The van der Waals surface area contributed by atoms with Gasteiger partial charge in [0.05, 0.1) is 6.26 Å². The Morgan fingerprint density at radius 3 is 2.50 bits per heavy atom. The molecule has 2 aromatic rings. The summed E-state index contributed by atoms with van der Waals surface area (Å²) in [5.74, 6) is 0.586. The van der Waals surface area contributed by atoms with E-state index in [-0.39, 0.29) is 0 Å². The van der Waals surface area contributed by atoms with Crippen molar-refractivity contribution in [1.82, 2.24) is 0 Å². The van der Waals surface area contributed by atoms with Gasteiger partial charge in [0.1, 0.15) is 11.9 Å². The van der Waals surface area contributed by atoms with Crippen molar-refractivity contribution in [3.8, 4) is 0 Å². The SMILES string of the molecule is CCCc1ccc([C@@H](O)c2ccco2)cc1. The summed E-state index contributed by atoms with van der Waals surface area (Å²) in [5, 5.41) is 10.0. The van der Waals surface area contributed by atoms with Gasteiger partial charge in [-0.25, -0.2) is 0 Å². The van der Waals surface area contributed by atoms with E-state index in [0.29, 0.717) is 5.76 Å². The van der Waals surface area contributed by atoms with Crippen molar-refractivity contribution in [3.05, 3.63) is 59.5 Å². The third-order valence-electron chi connectivity index (χ3n) is 2.65. The topological polar surface area (TPSA) is 33.4 Å². The number of hydrogen-bond donors (Lipinski definition) is 1. The second kappa shape index (κ2) is 4.99. The Hall–Kier alpha value is -1.54. The first-order valence-corrected chi connectivity index (χ1v) is 5.61. The van der Waals surface area contributed by atoms with E-state index in [4.69, 9.17) is 4.42 Å². The summed E-state index contributed by atoms with van der Waals surface area (Å²) < 4.78 is 5.18. The molecule has 2 nitrogen and oxygen atoms in total. The van der Waals surface area contributed by atoms with E-state index in [1.54, 1.807) is 18.4 Å². The summed E-state index contributed by atoms with van der Waals surface area (Å²) in [4.78, 5) is 0. The number of aryl methyl sites for hydroxylation is 1. The highest BCUT2D eigenvalue weighted by Crippen LogP contribution is 2.22. The second-order valence-electron chi connectivity index (χ2n) is 3.91. The van der Waals surface area contributed by atoms with Crippen LogP contribution in [-0.4, -0.2) is 5.11 Å². The summed E-state index contributed by atoms with van der Waals surface area (Å²) >= 11 is 0. The van der Waals surface area contributed by atoms with Crippen LogP contribution in [0.3, 0.4) is 0 Å². The molecule has 1 aromatic heterocycles. The van der Waals surface area contributed by atoms with Gasteiger partial charge in [-0.1, -0.05) is 37.6 Å². The van der Waals surface area contributed by atoms with Gasteiger partial charge in [-0.15, -0.1) is 0 Å². The molecule has 0 saturated heterocycles. The Morgan fingerprint density at radius 1 is 1.19 bits per heavy atom. The molecule has 84 valence electrons. The third-order valence-corrected chi connectivity index (χ3v) is 2.65. The van der Waals surface area contributed by atoms with Gasteiger partial charge in [0.2, 0.25) is 0 Å². The maximum atomic E-state index is 10.0. The second-order valence-corrected chi connectivity index (χ2v) is 3.91. The first-order chi connectivity index (χ1) is 7.81. The Labute approximate surface area is 95.5 Å². The lowest BCUT2D eigenvalue weighted by Crippen LogP contribution is -1.98. The van der Waals surface area contributed by atoms with E-state index in [2.05, 4.69) is 19.1 Å². The molecule has 0 aliphatic carbocycles. The van der Waals surface area contributed by atoms with E-state index < -0.39 is 6.10 Å². The quantitative estimate of drug-likeness (QED) is 0.850. The average molecular weight is 216 g/mol. The van der Waals surface area contributed by atoms with Crippen LogP contribution in [0, 0.1) is 0 Å². The molecule has 1 atom stereocenters. The molecule has 0 fully saturated rings. The fourth-order valence-corrected chi connectivity index (χ4v) is 1.77. The summed E-state index contributed by atoms with van der Waals surface area (Å²) in [7, 11) is 0. The van der Waals surface area contributed by atoms with Crippen LogP contribution < -0.4 is 0 Å². The van der Waals surface area contributed by atoms with Gasteiger partial charge in [-0.2, -0.15) is 0 Å². The molecule has 2 rings (SSSR count). The van der Waals surface area contributed by atoms with Crippen molar-refractivity contribution in [2.75, 3.05) is 0 Å². The van der Waals surface area contributed by atoms with Gasteiger partial charge in [0.15, 0.2) is 0 Å². The Morgan fingerprint density at radius 2 is 1.94 bits per heavy atom. The molecule has 0 bridgehead atoms. The number of hydrogen-bond acceptors (Lipinski definition) is 2. The van der Waals surface area contributed by atoms with Crippen LogP contribution in [0.25, 0.3) is 0 Å². The lowest BCUT2D eigenvalue weighted by atomic mass is 10.0. The van der Waals surface area contributed by atoms with Gasteiger partial charge in [-0.05, 0) is 29.7 Å². The van der Waals surface area contributed by atoms with E-state index >= 15 is 0 Å². The Bertz CT molecular complexity index is 415. The number of aliphatic hydroxyl groups is 1. The van der Waals surface area contributed by atoms with Crippen LogP contribution in [0.4, 0.5) is 0 Å². The third kappa shape index (κ3) is 2.34. The van der Waals surface area contributed by atoms with Crippen molar-refractivity contribution >= 4 is 0 Å². The molecule has 16 heavy (non-hydrogen) atoms. The minimum atomic E-state index is -0.661. The van der Waals surface area contributed by atoms with Gasteiger partial charge in [0, 0.05) is 0 Å². The zero-order valence-electron chi connectivity index (χ0n) is 9.39. The molecule has 0 spiro atoms. The molecule has 0 unspecified atom stereocenters. The molecule has 0 radical (unpaired) electrons. The molecule has 0 saturated carbocycles. The highest BCUT2D eigenvalue weighted by Gasteiger charge is 2.12. The molecule has 2 heteroatoms. The zero-order chi connectivity index (χ0) is 11.4. The van der Waals surface area contributed by atoms with Crippen molar-refractivity contribution < 1.29 is 9.52 Å². The number of rotatable bonds is 4. The number of benzene rings is 1. The predicted octanol–water partition coefficient (Wildman–Crippen LogP) is 3.31. The van der Waals surface area contributed by atoms with Crippen LogP contribution in [0.15, 0.2) is 47.1 Å². The molecule has 0 aliphatic rings. The molecule has 1 N–H and O–H groups in total. The Balaban J connectivity index is 2.15. The molecule has 0 amide bonds. The Kier molecular flexibility index (Phi) is 3.42. The first-order valence-electron chi connectivity index (χ1n) is 5.61. The maximum Gasteiger partial charge on any atom is 0.137 e. The molecule has 1 heterocycles. The fourth-order valence-electron chi connectivity index (χ4n) is 1.77. The van der Waals surface area contributed by atoms with E-state index in [1.165, 1.54) is 5.56 Å². The predicted molar refractivity (Wildman–Crippen MR) is 63.2 cm³/mol. The van der Waals surface area contributed by atoms with Crippen LogP contribution in [0.5, 0.6) is 0 Å². The fraction of sp³-hybridized carbons (Fsp3) is 0.286. The minimum absolute atomic E-state index is 0.586. The van der Waals surface area contributed by atoms with Gasteiger partial charge in [0.25, 0.3) is 0 Å². The largest absolute Gasteiger partial charge is 0.466 e. The van der Waals surface area contributed by atoms with Crippen LogP contribution in [0.1, 0.15) is 36.3 Å². The average Bonchev–Trinajstić information content (AvgIpc) is 2.83. The van der Waals surface area contributed by atoms with Crippen molar-refractivity contribution in [3.63, 3.8) is 0 Å². The molecular weight excluding hydrogens is 200 g/mol. The van der Waals surface area contributed by atoms with Crippen molar-refractivity contribution in [2.45, 2.75) is 25.9 Å². The summed E-state index contributed by atoms with van der Waals surface area (Å²) in [6.45, 7) is 2.16. The van der Waals surface area contributed by atoms with E-state index in [0.717, 1.165) is 18.4 Å². The number of aliphatic hydroxyl groups excluding tert-OH is 1. The maximum absolute atomic E-state index is 10.0. The standard InChI is InChI=1S/C14H16O2/c1-2-4-11-6-8-12(9-7-11)14(15)13-5-3-10-16-13/h3,5-10,14-15H,2,4H2,1H3/t14-/m1/s1. The highest BCUT2D eigenvalue weighted by atomic mass is 16.4. The normalized spacial score (nSPS) is 12.6. The molecule has 0 aliphatic heterocycles. The summed E-state index contributed by atoms with van der Waals surface area (Å²) in [6, 6.07) is 11.6. The smallest absolute Gasteiger partial charge is 0.137 e. The van der Waals surface area contributed by atoms with Gasteiger partial charge < -0.3 is 9.52 Å². The first kappa shape index (κ1) is 11.0. The van der Waals surface area contributed by atoms with Gasteiger partial charge in [-0.3, -0.25) is 0 Å². The zero-order valence-corrected chi connectivity index (χ0v) is 9.39. The molecular formula is C14H16O2. The summed E-state index contributed by atoms with van der Waals surface area (Å²) in [5.41, 5.74) is 2.17. The van der Waals surface area contributed by atoms with Gasteiger partial charge >= 0.3 is 0 Å². The number of furan rings is 1. The van der Waals surface area contributed by atoms with E-state index in [9.17, 15) is 5.11 Å². The van der Waals surface area contributed by atoms with E-state index in [1.807, 2.05) is 12.1 Å². The van der Waals surface area contributed by atoms with Crippen LogP contribution in [0.2, 0.25) is 0 Å². The minimum Gasteiger partial charge on any atom is -0.466 e. The van der Waals surface area contributed by atoms with Crippen LogP contribution >= 0.6 is 0 Å². The van der Waals surface area contributed by atoms with Crippen LogP contribution in [-0.2, 0) is 6.42 Å². The lowest BCUT2D eigenvalue weighted by Gasteiger charge is -2.08. The van der Waals surface area contributed by atoms with Crippen molar-refractivity contribution in [1.29, 1.82) is 0 Å². The summed E-state index contributed by atoms with van der Waals surface area (Å²) in [6.07, 6.45) is 3.13. The monoisotopic (exact) mass is 216 g/mol. The lowest BCUT2D eigenvalue weighted by molar-refractivity contribution is 0.189. The van der Waals surface area contributed by atoms with Crippen molar-refractivity contribution in [2.24, 2.45) is 0 Å².